The van der Waals surface area contributed by atoms with Crippen molar-refractivity contribution in [2.75, 3.05) is 13.2 Å². The normalized spacial score (nSPS) is 14.9. The first-order chi connectivity index (χ1) is 16.1. The van der Waals surface area contributed by atoms with E-state index < -0.39 is 64.2 Å². The second-order valence-electron chi connectivity index (χ2n) is 7.30. The van der Waals surface area contributed by atoms with Crippen LogP contribution in [0.2, 0.25) is 0 Å². The first-order valence-electron chi connectivity index (χ1n) is 9.80. The summed E-state index contributed by atoms with van der Waals surface area (Å²) in [6.07, 6.45) is -4.90. The minimum absolute atomic E-state index is 0.0905. The number of hydrogen-bond acceptors (Lipinski definition) is 3. The first-order valence-corrected chi connectivity index (χ1v) is 9.80. The van der Waals surface area contributed by atoms with Crippen LogP contribution in [0.3, 0.4) is 0 Å². The predicted molar refractivity (Wildman–Crippen MR) is 102 cm³/mol. The van der Waals surface area contributed by atoms with E-state index in [0.717, 1.165) is 6.07 Å². The molecule has 0 saturated carbocycles. The van der Waals surface area contributed by atoms with Gasteiger partial charge in [0.15, 0.2) is 23.7 Å². The maximum Gasteiger partial charge on any atom is 0.432 e. The van der Waals surface area contributed by atoms with E-state index in [1.807, 2.05) is 0 Å². The van der Waals surface area contributed by atoms with Gasteiger partial charge in [0.25, 0.3) is 0 Å². The summed E-state index contributed by atoms with van der Waals surface area (Å²) in [5.41, 5.74) is -2.27. The zero-order valence-corrected chi connectivity index (χ0v) is 17.0. The maximum atomic E-state index is 14.7. The lowest BCUT2D eigenvalue weighted by Crippen LogP contribution is -2.25. The third-order valence-corrected chi connectivity index (χ3v) is 4.94. The molecule has 0 spiro atoms. The zero-order valence-electron chi connectivity index (χ0n) is 17.0. The molecular weight excluding hydrogens is 476 g/mol. The molecule has 1 heterocycles. The van der Waals surface area contributed by atoms with E-state index in [4.69, 9.17) is 9.47 Å². The zero-order chi connectivity index (χ0) is 24.6. The molecule has 3 aromatic rings. The van der Waals surface area contributed by atoms with Crippen molar-refractivity contribution in [2.24, 2.45) is 0 Å². The number of alkyl halides is 2. The van der Waals surface area contributed by atoms with Crippen molar-refractivity contribution < 1.29 is 49.3 Å². The number of hydrogen-bond donors (Lipinski definition) is 0. The van der Waals surface area contributed by atoms with Crippen LogP contribution in [0.1, 0.15) is 23.8 Å². The van der Waals surface area contributed by atoms with Gasteiger partial charge < -0.3 is 14.2 Å². The van der Waals surface area contributed by atoms with Gasteiger partial charge in [-0.1, -0.05) is 12.1 Å². The molecule has 0 unspecified atom stereocenters. The molecule has 3 aromatic carbocycles. The van der Waals surface area contributed by atoms with Crippen molar-refractivity contribution in [1.82, 2.24) is 0 Å². The Balaban J connectivity index is 1.64. The van der Waals surface area contributed by atoms with Gasteiger partial charge in [0.05, 0.1) is 13.2 Å². The molecule has 0 N–H and O–H groups in total. The highest BCUT2D eigenvalue weighted by Crippen LogP contribution is 2.38. The van der Waals surface area contributed by atoms with Crippen LogP contribution in [-0.2, 0) is 15.6 Å². The number of ether oxygens (including phenoxy) is 3. The molecule has 0 bridgehead atoms. The van der Waals surface area contributed by atoms with E-state index in [0.29, 0.717) is 37.3 Å². The minimum Gasteiger partial charge on any atom is -0.429 e. The molecule has 0 atom stereocenters. The van der Waals surface area contributed by atoms with Crippen molar-refractivity contribution in [1.29, 1.82) is 0 Å². The van der Waals surface area contributed by atoms with Crippen molar-refractivity contribution in [3.05, 3.63) is 88.5 Å². The fourth-order valence-electron chi connectivity index (χ4n) is 3.39. The topological polar surface area (TPSA) is 27.7 Å². The second-order valence-corrected chi connectivity index (χ2v) is 7.30. The molecule has 0 aliphatic carbocycles. The Morgan fingerprint density at radius 1 is 0.735 bits per heavy atom. The van der Waals surface area contributed by atoms with Gasteiger partial charge in [-0.3, -0.25) is 0 Å². The SMILES string of the molecule is Fc1cc(C2OCCCO2)ccc1-c1cc(F)c(C(F)(F)Oc2cc(F)c(F)c(F)c2)c(F)c1. The average Bonchev–Trinajstić information content (AvgIpc) is 2.77. The van der Waals surface area contributed by atoms with Gasteiger partial charge in [0.1, 0.15) is 28.8 Å². The molecule has 3 nitrogen and oxygen atoms in total. The Labute approximate surface area is 187 Å². The lowest BCUT2D eigenvalue weighted by molar-refractivity contribution is -0.189. The molecule has 4 rings (SSSR count). The van der Waals surface area contributed by atoms with Crippen LogP contribution in [-0.4, -0.2) is 13.2 Å². The minimum atomic E-state index is -4.75. The summed E-state index contributed by atoms with van der Waals surface area (Å²) >= 11 is 0. The van der Waals surface area contributed by atoms with Crippen molar-refractivity contribution in [3.8, 4) is 16.9 Å². The smallest absolute Gasteiger partial charge is 0.429 e. The van der Waals surface area contributed by atoms with E-state index in [-0.39, 0.29) is 17.7 Å². The van der Waals surface area contributed by atoms with Gasteiger partial charge in [-0.25, -0.2) is 26.3 Å². The van der Waals surface area contributed by atoms with Crippen LogP contribution in [0.4, 0.5) is 35.1 Å². The molecule has 0 radical (unpaired) electrons. The molecule has 180 valence electrons. The molecule has 1 fully saturated rings. The van der Waals surface area contributed by atoms with Gasteiger partial charge in [0.2, 0.25) is 0 Å². The van der Waals surface area contributed by atoms with Crippen LogP contribution in [0.5, 0.6) is 5.75 Å². The van der Waals surface area contributed by atoms with E-state index in [1.54, 1.807) is 0 Å². The van der Waals surface area contributed by atoms with Crippen molar-refractivity contribution in [3.63, 3.8) is 0 Å². The standard InChI is InChI=1S/C23H14F8O3/c24-15-6-11(22-32-4-1-5-33-22)2-3-14(15)12-7-16(25)20(17(26)8-12)23(30,31)34-13-9-18(27)21(29)19(28)10-13/h2-3,6-10,22H,1,4-5H2. The highest BCUT2D eigenvalue weighted by atomic mass is 19.3. The van der Waals surface area contributed by atoms with Gasteiger partial charge >= 0.3 is 6.11 Å². The summed E-state index contributed by atoms with van der Waals surface area (Å²) in [5, 5.41) is 0. The molecule has 34 heavy (non-hydrogen) atoms. The monoisotopic (exact) mass is 490 g/mol. The molecule has 0 aromatic heterocycles. The molecule has 11 heteroatoms. The van der Waals surface area contributed by atoms with Crippen LogP contribution in [0.25, 0.3) is 11.1 Å². The number of halogens is 8. The number of rotatable bonds is 5. The molecular formula is C23H14F8O3. The Morgan fingerprint density at radius 3 is 1.88 bits per heavy atom. The summed E-state index contributed by atoms with van der Waals surface area (Å²) in [5.74, 6) is -11.4. The number of benzene rings is 3. The first kappa shape index (κ1) is 24.0. The van der Waals surface area contributed by atoms with E-state index in [2.05, 4.69) is 4.74 Å². The van der Waals surface area contributed by atoms with Gasteiger partial charge in [-0.05, 0) is 30.2 Å². The molecule has 1 aliphatic rings. The van der Waals surface area contributed by atoms with Crippen LogP contribution >= 0.6 is 0 Å². The van der Waals surface area contributed by atoms with Crippen LogP contribution in [0, 0.1) is 34.9 Å². The molecule has 1 aliphatic heterocycles. The Morgan fingerprint density at radius 2 is 1.32 bits per heavy atom. The summed E-state index contributed by atoms with van der Waals surface area (Å²) in [7, 11) is 0. The van der Waals surface area contributed by atoms with Gasteiger partial charge in [-0.2, -0.15) is 8.78 Å². The summed E-state index contributed by atoms with van der Waals surface area (Å²) in [4.78, 5) is 0. The molecule has 0 amide bonds. The lowest BCUT2D eigenvalue weighted by Gasteiger charge is -2.23. The highest BCUT2D eigenvalue weighted by molar-refractivity contribution is 5.65. The fraction of sp³-hybridized carbons (Fsp3) is 0.217. The maximum absolute atomic E-state index is 14.7. The summed E-state index contributed by atoms with van der Waals surface area (Å²) in [6.45, 7) is 0.804. The third kappa shape index (κ3) is 4.71. The summed E-state index contributed by atoms with van der Waals surface area (Å²) in [6, 6.07) is 4.69. The van der Waals surface area contributed by atoms with Gasteiger partial charge in [0, 0.05) is 23.3 Å². The van der Waals surface area contributed by atoms with Crippen molar-refractivity contribution in [2.45, 2.75) is 18.8 Å². The largest absolute Gasteiger partial charge is 0.432 e. The van der Waals surface area contributed by atoms with Crippen LogP contribution in [0.15, 0.2) is 42.5 Å². The summed E-state index contributed by atoms with van der Waals surface area (Å²) < 4.78 is 127. The second kappa shape index (κ2) is 9.22. The predicted octanol–water partition coefficient (Wildman–Crippen LogP) is 6.75. The Hall–Kier alpha value is -3.18. The average molecular weight is 490 g/mol. The molecule has 1 saturated heterocycles. The van der Waals surface area contributed by atoms with Crippen LogP contribution < -0.4 is 4.74 Å². The van der Waals surface area contributed by atoms with Crippen molar-refractivity contribution >= 4 is 0 Å². The highest BCUT2D eigenvalue weighted by Gasteiger charge is 2.41. The van der Waals surface area contributed by atoms with E-state index in [9.17, 15) is 35.1 Å². The van der Waals surface area contributed by atoms with E-state index in [1.165, 1.54) is 12.1 Å². The van der Waals surface area contributed by atoms with E-state index >= 15 is 0 Å². The fourth-order valence-corrected chi connectivity index (χ4v) is 3.39. The Kier molecular flexibility index (Phi) is 6.50. The third-order valence-electron chi connectivity index (χ3n) is 4.94. The lowest BCUT2D eigenvalue weighted by atomic mass is 10.00. The quantitative estimate of drug-likeness (QED) is 0.293. The Bertz CT molecular complexity index is 1180. The van der Waals surface area contributed by atoms with Gasteiger partial charge in [-0.15, -0.1) is 0 Å².